The van der Waals surface area contributed by atoms with Gasteiger partial charge in [-0.3, -0.25) is 0 Å². The number of hydrogen-bond donors (Lipinski definition) is 2. The normalized spacial score (nSPS) is 16.9. The monoisotopic (exact) mass is 397 g/mol. The van der Waals surface area contributed by atoms with Gasteiger partial charge in [0.25, 0.3) is 0 Å². The minimum atomic E-state index is -0.520. The Hall–Kier alpha value is -3.18. The molecule has 1 fully saturated rings. The number of H-pyrrole nitrogens is 1. The Balaban J connectivity index is 1.89. The van der Waals surface area contributed by atoms with Crippen molar-refractivity contribution in [2.75, 3.05) is 13.2 Å². The first-order valence-corrected chi connectivity index (χ1v) is 9.42. The molecule has 1 aromatic carbocycles. The summed E-state index contributed by atoms with van der Waals surface area (Å²) < 4.78 is 5.04. The van der Waals surface area contributed by atoms with Crippen molar-refractivity contribution in [2.24, 2.45) is 0 Å². The quantitative estimate of drug-likeness (QED) is 0.328. The Kier molecular flexibility index (Phi) is 6.06. The number of thiocarbonyl (C=S) groups is 1. The molecule has 8 heteroatoms. The lowest BCUT2D eigenvalue weighted by molar-refractivity contribution is 0.0520. The zero-order chi connectivity index (χ0) is 20.1. The fourth-order valence-electron chi connectivity index (χ4n) is 3.38. The number of aromatic nitrogens is 1. The van der Waals surface area contributed by atoms with Crippen LogP contribution in [0.1, 0.15) is 46.6 Å². The predicted octanol–water partition coefficient (Wildman–Crippen LogP) is 4.22. The van der Waals surface area contributed by atoms with Crippen LogP contribution in [0.15, 0.2) is 42.6 Å². The number of rotatable bonds is 6. The van der Waals surface area contributed by atoms with Crippen LogP contribution in [-0.2, 0) is 11.3 Å². The minimum absolute atomic E-state index is 0.151. The Labute approximate surface area is 168 Å². The van der Waals surface area contributed by atoms with Crippen LogP contribution < -0.4 is 0 Å². The summed E-state index contributed by atoms with van der Waals surface area (Å²) in [6, 6.07) is 11.7. The number of hydrogen-bond acceptors (Lipinski definition) is 5. The Morgan fingerprint density at radius 2 is 2.21 bits per heavy atom. The average Bonchev–Trinajstić information content (AvgIpc) is 3.27. The molecule has 1 aromatic heterocycles. The number of aliphatic hydroxyl groups excluding tert-OH is 1. The van der Waals surface area contributed by atoms with E-state index in [1.807, 2.05) is 30.3 Å². The molecule has 0 saturated carbocycles. The molecule has 1 saturated heterocycles. The van der Waals surface area contributed by atoms with E-state index >= 15 is 0 Å². The highest BCUT2D eigenvalue weighted by Crippen LogP contribution is 2.35. The van der Waals surface area contributed by atoms with Crippen LogP contribution in [0.25, 0.3) is 10.7 Å². The summed E-state index contributed by atoms with van der Waals surface area (Å²) in [6.45, 7) is 3.43. The number of benzene rings is 1. The smallest absolute Gasteiger partial charge is 0.393 e. The molecule has 144 valence electrons. The van der Waals surface area contributed by atoms with Crippen molar-refractivity contribution in [1.29, 1.82) is 5.39 Å². The number of diazo groups is 1. The van der Waals surface area contributed by atoms with E-state index in [0.29, 0.717) is 17.8 Å². The zero-order valence-corrected chi connectivity index (χ0v) is 16.3. The topological polar surface area (TPSA) is 93.7 Å². The number of ether oxygens (including phenoxy) is 1. The van der Waals surface area contributed by atoms with Crippen molar-refractivity contribution in [3.63, 3.8) is 0 Å². The Bertz CT molecular complexity index is 946. The fourth-order valence-corrected chi connectivity index (χ4v) is 3.78. The summed E-state index contributed by atoms with van der Waals surface area (Å²) in [5.74, 6) is -0.950. The van der Waals surface area contributed by atoms with Crippen LogP contribution in [0.3, 0.4) is 0 Å². The lowest BCUT2D eigenvalue weighted by Gasteiger charge is -2.20. The molecule has 0 aliphatic carbocycles. The standard InChI is InChI=1S/C20H20N4O3S/c1-2-27-20(26)16-10-15(18(23-16)17(25)11-22-21)14-8-9-24(19(14)28)12-13-6-4-3-5-7-13/h3-7,10-11,14H,2,8-9,12H2,1H3,(H-,23,25,26)/p+1/b17-11-. The van der Waals surface area contributed by atoms with Gasteiger partial charge in [-0.2, -0.15) is 0 Å². The summed E-state index contributed by atoms with van der Waals surface area (Å²) in [7, 11) is 0. The lowest BCUT2D eigenvalue weighted by Crippen LogP contribution is -2.24. The lowest BCUT2D eigenvalue weighted by atomic mass is 9.97. The van der Waals surface area contributed by atoms with Crippen molar-refractivity contribution >= 4 is 28.9 Å². The number of aromatic amines is 1. The van der Waals surface area contributed by atoms with E-state index < -0.39 is 5.97 Å². The van der Waals surface area contributed by atoms with Gasteiger partial charge in [-0.05, 0) is 30.5 Å². The zero-order valence-electron chi connectivity index (χ0n) is 15.5. The van der Waals surface area contributed by atoms with E-state index in [2.05, 4.69) is 14.9 Å². The van der Waals surface area contributed by atoms with E-state index in [-0.39, 0.29) is 24.0 Å². The minimum Gasteiger partial charge on any atom is -0.500 e. The second kappa shape index (κ2) is 8.67. The third-order valence-corrected chi connectivity index (χ3v) is 5.21. The van der Waals surface area contributed by atoms with Gasteiger partial charge in [0, 0.05) is 19.0 Å². The average molecular weight is 397 g/mol. The number of aliphatic hydroxyl groups is 1. The van der Waals surface area contributed by atoms with Crippen LogP contribution in [0.5, 0.6) is 0 Å². The van der Waals surface area contributed by atoms with Gasteiger partial charge in [-0.25, -0.2) is 4.79 Å². The molecule has 2 N–H and O–H groups in total. The first kappa shape index (κ1) is 19.6. The predicted molar refractivity (Wildman–Crippen MR) is 109 cm³/mol. The van der Waals surface area contributed by atoms with Crippen molar-refractivity contribution in [1.82, 2.24) is 9.88 Å². The number of nitrogens with one attached hydrogen (secondary N) is 1. The van der Waals surface area contributed by atoms with Gasteiger partial charge in [0.15, 0.2) is 4.98 Å². The molecule has 0 radical (unpaired) electrons. The van der Waals surface area contributed by atoms with Crippen LogP contribution in [0.2, 0.25) is 0 Å². The second-order valence-electron chi connectivity index (χ2n) is 6.45. The SMILES string of the molecule is CCOC(=O)c1cc(C2CCN(Cc3ccccc3)C2=S)c(/C(O)=C/[N+]#N)[nH]1. The Morgan fingerprint density at radius 3 is 2.89 bits per heavy atom. The fraction of sp³-hybridized carbons (Fsp3) is 0.300. The summed E-state index contributed by atoms with van der Waals surface area (Å²) >= 11 is 5.70. The molecule has 3 rings (SSSR count). The number of likely N-dealkylation sites (tertiary alicyclic amines) is 1. The van der Waals surface area contributed by atoms with Gasteiger partial charge in [0.1, 0.15) is 5.69 Å². The highest BCUT2D eigenvalue weighted by atomic mass is 32.1. The van der Waals surface area contributed by atoms with Gasteiger partial charge in [0.2, 0.25) is 11.2 Å². The molecule has 1 aliphatic rings. The second-order valence-corrected chi connectivity index (χ2v) is 6.87. The van der Waals surface area contributed by atoms with Gasteiger partial charge in [0.05, 0.1) is 17.3 Å². The van der Waals surface area contributed by atoms with Crippen molar-refractivity contribution in [3.8, 4) is 0 Å². The third kappa shape index (κ3) is 4.05. The number of nitrogens with zero attached hydrogens (tertiary/aromatic N) is 3. The molecule has 0 amide bonds. The molecule has 1 aliphatic heterocycles. The highest BCUT2D eigenvalue weighted by Gasteiger charge is 2.34. The molecular formula is C20H21N4O3S+. The van der Waals surface area contributed by atoms with Crippen molar-refractivity contribution < 1.29 is 14.6 Å². The highest BCUT2D eigenvalue weighted by molar-refractivity contribution is 7.80. The summed E-state index contributed by atoms with van der Waals surface area (Å²) in [6.07, 6.45) is 1.66. The van der Waals surface area contributed by atoms with Gasteiger partial charge in [-0.15, -0.1) is 0 Å². The van der Waals surface area contributed by atoms with Crippen molar-refractivity contribution in [3.05, 3.63) is 70.1 Å². The van der Waals surface area contributed by atoms with Crippen LogP contribution in [0.4, 0.5) is 0 Å². The van der Waals surface area contributed by atoms with E-state index in [1.54, 1.807) is 13.0 Å². The molecule has 0 bridgehead atoms. The molecule has 2 aromatic rings. The van der Waals surface area contributed by atoms with E-state index in [0.717, 1.165) is 29.7 Å². The summed E-state index contributed by atoms with van der Waals surface area (Å²) in [5, 5.41) is 19.0. The van der Waals surface area contributed by atoms with Crippen LogP contribution in [-0.4, -0.2) is 39.1 Å². The van der Waals surface area contributed by atoms with E-state index in [9.17, 15) is 9.90 Å². The first-order valence-electron chi connectivity index (χ1n) is 9.01. The molecule has 28 heavy (non-hydrogen) atoms. The molecular weight excluding hydrogens is 376 g/mol. The summed E-state index contributed by atoms with van der Waals surface area (Å²) in [5.41, 5.74) is 2.36. The van der Waals surface area contributed by atoms with Crippen LogP contribution in [0, 0.1) is 5.39 Å². The van der Waals surface area contributed by atoms with Crippen LogP contribution >= 0.6 is 12.2 Å². The maximum atomic E-state index is 12.1. The van der Waals surface area contributed by atoms with Gasteiger partial charge < -0.3 is 19.7 Å². The maximum absolute atomic E-state index is 12.1. The molecule has 7 nitrogen and oxygen atoms in total. The Morgan fingerprint density at radius 1 is 1.46 bits per heavy atom. The largest absolute Gasteiger partial charge is 0.500 e. The summed E-state index contributed by atoms with van der Waals surface area (Å²) in [4.78, 5) is 20.7. The third-order valence-electron chi connectivity index (χ3n) is 4.67. The molecule has 2 heterocycles. The molecule has 1 unspecified atom stereocenters. The number of carbonyl (C=O) groups excluding carboxylic acids is 1. The van der Waals surface area contributed by atoms with Gasteiger partial charge >= 0.3 is 12.2 Å². The molecule has 1 atom stereocenters. The van der Waals surface area contributed by atoms with E-state index in [1.165, 1.54) is 0 Å². The maximum Gasteiger partial charge on any atom is 0.393 e. The number of carbonyl (C=O) groups is 1. The van der Waals surface area contributed by atoms with Gasteiger partial charge in [-0.1, -0.05) is 42.5 Å². The first-order chi connectivity index (χ1) is 13.5. The number of esters is 1. The van der Waals surface area contributed by atoms with Crippen molar-refractivity contribution in [2.45, 2.75) is 25.8 Å². The molecule has 0 spiro atoms. The van der Waals surface area contributed by atoms with E-state index in [4.69, 9.17) is 22.3 Å².